The Morgan fingerprint density at radius 2 is 1.59 bits per heavy atom. The molecule has 0 aliphatic heterocycles. The van der Waals surface area contributed by atoms with Crippen molar-refractivity contribution in [2.24, 2.45) is 0 Å². The standard InChI is InChI=1S/C25H28F2N2O5/c1-25(2,12-11-22(30)28-20(23(31)32)13-21(26)27)29-24(33)34-14-19-17-9-5-3-7-15(17)16-8-4-6-10-18(16)19/h3-10,19-21H,11-14H2,1-2H3,(H,28,30)(H,29,33)(H,31,32). The number of aliphatic carboxylic acids is 1. The van der Waals surface area contributed by atoms with Crippen LogP contribution in [0.3, 0.4) is 0 Å². The number of carboxylic acid groups (broad SMARTS) is 1. The molecule has 3 rings (SSSR count). The third kappa shape index (κ3) is 6.30. The average molecular weight is 475 g/mol. The van der Waals surface area contributed by atoms with E-state index >= 15 is 0 Å². The van der Waals surface area contributed by atoms with Crippen LogP contribution in [0, 0.1) is 0 Å². The van der Waals surface area contributed by atoms with Gasteiger partial charge in [-0.25, -0.2) is 18.4 Å². The minimum atomic E-state index is -2.85. The van der Waals surface area contributed by atoms with Gasteiger partial charge in [-0.3, -0.25) is 4.79 Å². The molecule has 1 atom stereocenters. The van der Waals surface area contributed by atoms with Crippen LogP contribution in [0.15, 0.2) is 48.5 Å². The molecule has 182 valence electrons. The molecule has 34 heavy (non-hydrogen) atoms. The van der Waals surface area contributed by atoms with Gasteiger partial charge < -0.3 is 20.5 Å². The first kappa shape index (κ1) is 25.1. The zero-order valence-electron chi connectivity index (χ0n) is 19.0. The number of carbonyl (C=O) groups is 3. The summed E-state index contributed by atoms with van der Waals surface area (Å²) in [5, 5.41) is 13.8. The summed E-state index contributed by atoms with van der Waals surface area (Å²) in [6.07, 6.45) is -4.46. The molecule has 0 saturated heterocycles. The molecule has 1 aliphatic rings. The van der Waals surface area contributed by atoms with Crippen LogP contribution in [0.25, 0.3) is 11.1 Å². The van der Waals surface area contributed by atoms with E-state index in [-0.39, 0.29) is 25.4 Å². The van der Waals surface area contributed by atoms with Crippen molar-refractivity contribution in [3.63, 3.8) is 0 Å². The van der Waals surface area contributed by atoms with E-state index < -0.39 is 42.4 Å². The van der Waals surface area contributed by atoms with Gasteiger partial charge in [0.05, 0.1) is 0 Å². The Balaban J connectivity index is 1.52. The molecular formula is C25H28F2N2O5. The minimum Gasteiger partial charge on any atom is -0.480 e. The Bertz CT molecular complexity index is 1010. The molecule has 1 unspecified atom stereocenters. The van der Waals surface area contributed by atoms with Crippen molar-refractivity contribution in [1.82, 2.24) is 10.6 Å². The molecule has 7 nitrogen and oxygen atoms in total. The number of fused-ring (bicyclic) bond motifs is 3. The second-order valence-corrected chi connectivity index (χ2v) is 8.92. The molecule has 1 aliphatic carbocycles. The summed E-state index contributed by atoms with van der Waals surface area (Å²) < 4.78 is 30.5. The van der Waals surface area contributed by atoms with Gasteiger partial charge in [0.1, 0.15) is 12.6 Å². The normalized spacial score (nSPS) is 13.7. The van der Waals surface area contributed by atoms with Crippen molar-refractivity contribution in [3.8, 4) is 11.1 Å². The number of benzene rings is 2. The molecule has 0 saturated carbocycles. The number of alkyl halides is 2. The van der Waals surface area contributed by atoms with Crippen LogP contribution in [-0.4, -0.2) is 47.7 Å². The molecule has 0 bridgehead atoms. The first-order valence-electron chi connectivity index (χ1n) is 11.0. The van der Waals surface area contributed by atoms with Gasteiger partial charge in [-0.2, -0.15) is 0 Å². The maximum Gasteiger partial charge on any atom is 0.407 e. The average Bonchev–Trinajstić information content (AvgIpc) is 3.09. The van der Waals surface area contributed by atoms with E-state index in [1.807, 2.05) is 48.5 Å². The predicted octanol–water partition coefficient (Wildman–Crippen LogP) is 4.31. The highest BCUT2D eigenvalue weighted by Crippen LogP contribution is 2.44. The Morgan fingerprint density at radius 1 is 1.03 bits per heavy atom. The Kier molecular flexibility index (Phi) is 7.86. The molecule has 9 heteroatoms. The van der Waals surface area contributed by atoms with Crippen molar-refractivity contribution in [1.29, 1.82) is 0 Å². The third-order valence-corrected chi connectivity index (χ3v) is 5.81. The van der Waals surface area contributed by atoms with Gasteiger partial charge in [0.25, 0.3) is 0 Å². The number of amides is 2. The van der Waals surface area contributed by atoms with Gasteiger partial charge in [0, 0.05) is 24.3 Å². The highest BCUT2D eigenvalue weighted by molar-refractivity contribution is 5.83. The summed E-state index contributed by atoms with van der Waals surface area (Å²) in [7, 11) is 0. The van der Waals surface area contributed by atoms with Crippen molar-refractivity contribution in [2.45, 2.75) is 57.0 Å². The lowest BCUT2D eigenvalue weighted by Crippen LogP contribution is -2.46. The Morgan fingerprint density at radius 3 is 2.12 bits per heavy atom. The fourth-order valence-electron chi connectivity index (χ4n) is 4.07. The van der Waals surface area contributed by atoms with Crippen molar-refractivity contribution < 1.29 is 33.0 Å². The van der Waals surface area contributed by atoms with Gasteiger partial charge in [0.15, 0.2) is 0 Å². The lowest BCUT2D eigenvalue weighted by molar-refractivity contribution is -0.143. The summed E-state index contributed by atoms with van der Waals surface area (Å²) in [4.78, 5) is 35.5. The molecule has 0 heterocycles. The lowest BCUT2D eigenvalue weighted by atomic mass is 9.98. The van der Waals surface area contributed by atoms with E-state index in [2.05, 4.69) is 10.6 Å². The largest absolute Gasteiger partial charge is 0.480 e. The van der Waals surface area contributed by atoms with Crippen LogP contribution >= 0.6 is 0 Å². The molecule has 0 radical (unpaired) electrons. The van der Waals surface area contributed by atoms with Gasteiger partial charge >= 0.3 is 12.1 Å². The molecule has 2 aromatic rings. The number of carbonyl (C=O) groups excluding carboxylic acids is 2. The third-order valence-electron chi connectivity index (χ3n) is 5.81. The van der Waals surface area contributed by atoms with Crippen LogP contribution in [0.4, 0.5) is 13.6 Å². The summed E-state index contributed by atoms with van der Waals surface area (Å²) in [5.41, 5.74) is 3.56. The van der Waals surface area contributed by atoms with Gasteiger partial charge in [-0.05, 0) is 42.5 Å². The molecule has 2 aromatic carbocycles. The number of rotatable bonds is 10. The van der Waals surface area contributed by atoms with E-state index in [4.69, 9.17) is 9.84 Å². The number of ether oxygens (including phenoxy) is 1. The lowest BCUT2D eigenvalue weighted by Gasteiger charge is -2.26. The van der Waals surface area contributed by atoms with Crippen LogP contribution in [0.1, 0.15) is 50.2 Å². The van der Waals surface area contributed by atoms with Crippen LogP contribution in [0.5, 0.6) is 0 Å². The number of nitrogens with one attached hydrogen (secondary N) is 2. The number of hydrogen-bond donors (Lipinski definition) is 3. The highest BCUT2D eigenvalue weighted by Gasteiger charge is 2.30. The summed E-state index contributed by atoms with van der Waals surface area (Å²) in [5.74, 6) is -2.30. The Hall–Kier alpha value is -3.49. The first-order chi connectivity index (χ1) is 16.1. The Labute approximate surface area is 196 Å². The van der Waals surface area contributed by atoms with E-state index in [1.54, 1.807) is 13.8 Å². The fourth-order valence-corrected chi connectivity index (χ4v) is 4.07. The van der Waals surface area contributed by atoms with Crippen LogP contribution in [0.2, 0.25) is 0 Å². The highest BCUT2D eigenvalue weighted by atomic mass is 19.3. The van der Waals surface area contributed by atoms with Crippen LogP contribution in [-0.2, 0) is 14.3 Å². The smallest absolute Gasteiger partial charge is 0.407 e. The maximum atomic E-state index is 12.5. The second kappa shape index (κ2) is 10.6. The monoisotopic (exact) mass is 474 g/mol. The number of halogens is 2. The molecule has 2 amide bonds. The van der Waals surface area contributed by atoms with E-state index in [9.17, 15) is 23.2 Å². The van der Waals surface area contributed by atoms with Gasteiger partial charge in [0.2, 0.25) is 12.3 Å². The topological polar surface area (TPSA) is 105 Å². The summed E-state index contributed by atoms with van der Waals surface area (Å²) in [6.45, 7) is 3.52. The first-order valence-corrected chi connectivity index (χ1v) is 11.0. The maximum absolute atomic E-state index is 12.5. The molecule has 0 spiro atoms. The summed E-state index contributed by atoms with van der Waals surface area (Å²) in [6, 6.07) is 14.3. The summed E-state index contributed by atoms with van der Waals surface area (Å²) >= 11 is 0. The number of carboxylic acids is 1. The molecule has 0 fully saturated rings. The molecular weight excluding hydrogens is 446 g/mol. The van der Waals surface area contributed by atoms with Gasteiger partial charge in [-0.1, -0.05) is 48.5 Å². The van der Waals surface area contributed by atoms with Crippen molar-refractivity contribution >= 4 is 18.0 Å². The van der Waals surface area contributed by atoms with E-state index in [0.29, 0.717) is 0 Å². The van der Waals surface area contributed by atoms with Crippen molar-refractivity contribution in [2.75, 3.05) is 6.61 Å². The number of hydrogen-bond acceptors (Lipinski definition) is 4. The van der Waals surface area contributed by atoms with Crippen molar-refractivity contribution in [3.05, 3.63) is 59.7 Å². The predicted molar refractivity (Wildman–Crippen MR) is 122 cm³/mol. The quantitative estimate of drug-likeness (QED) is 0.476. The molecule has 3 N–H and O–H groups in total. The van der Waals surface area contributed by atoms with E-state index in [1.165, 1.54) is 0 Å². The molecule has 0 aromatic heterocycles. The second-order valence-electron chi connectivity index (χ2n) is 8.92. The zero-order valence-corrected chi connectivity index (χ0v) is 19.0. The number of alkyl carbamates (subject to hydrolysis) is 1. The van der Waals surface area contributed by atoms with Crippen LogP contribution < -0.4 is 10.6 Å². The SMILES string of the molecule is CC(C)(CCC(=O)NC(CC(F)F)C(=O)O)NC(=O)OCC1c2ccccc2-c2ccccc21. The fraction of sp³-hybridized carbons (Fsp3) is 0.400. The minimum absolute atomic E-state index is 0.0881. The van der Waals surface area contributed by atoms with E-state index in [0.717, 1.165) is 22.3 Å². The zero-order chi connectivity index (χ0) is 24.9. The van der Waals surface area contributed by atoms with Gasteiger partial charge in [-0.15, -0.1) is 0 Å².